The number of aromatic amines is 1. The first kappa shape index (κ1) is 10.5. The van der Waals surface area contributed by atoms with E-state index in [1.165, 1.54) is 0 Å². The zero-order valence-electron chi connectivity index (χ0n) is 7.80. The lowest BCUT2D eigenvalue weighted by Gasteiger charge is -2.01. The number of alkyl halides is 2. The van der Waals surface area contributed by atoms with Crippen molar-refractivity contribution < 1.29 is 23.1 Å². The summed E-state index contributed by atoms with van der Waals surface area (Å²) in [5.41, 5.74) is -0.919. The van der Waals surface area contributed by atoms with Crippen molar-refractivity contribution in [3.63, 3.8) is 0 Å². The maximum atomic E-state index is 13.2. The summed E-state index contributed by atoms with van der Waals surface area (Å²) >= 11 is 0. The highest BCUT2D eigenvalue weighted by Gasteiger charge is 2.18. The molecular weight excluding hydrogens is 223 g/mol. The monoisotopic (exact) mass is 229 g/mol. The molecule has 1 heterocycles. The number of carboxylic acid groups (broad SMARTS) is 1. The Bertz CT molecular complexity index is 562. The van der Waals surface area contributed by atoms with Crippen LogP contribution < -0.4 is 0 Å². The molecule has 3 nitrogen and oxygen atoms in total. The van der Waals surface area contributed by atoms with E-state index in [0.29, 0.717) is 0 Å². The van der Waals surface area contributed by atoms with Crippen molar-refractivity contribution in [2.24, 2.45) is 0 Å². The van der Waals surface area contributed by atoms with Gasteiger partial charge >= 0.3 is 5.97 Å². The minimum absolute atomic E-state index is 0.104. The molecule has 0 fully saturated rings. The van der Waals surface area contributed by atoms with Crippen molar-refractivity contribution in [2.75, 3.05) is 0 Å². The molecule has 6 heteroatoms. The highest BCUT2D eigenvalue weighted by Crippen LogP contribution is 2.29. The number of halogens is 3. The molecule has 0 radical (unpaired) electrons. The third-order valence-corrected chi connectivity index (χ3v) is 2.24. The summed E-state index contributed by atoms with van der Waals surface area (Å²) in [6.07, 6.45) is -2.78. The molecule has 0 bridgehead atoms. The number of fused-ring (bicyclic) bond motifs is 1. The minimum atomic E-state index is -2.78. The summed E-state index contributed by atoms with van der Waals surface area (Å²) in [7, 11) is 0. The fraction of sp³-hybridized carbons (Fsp3) is 0.100. The summed E-state index contributed by atoms with van der Waals surface area (Å²) in [6, 6.07) is 2.83. The Morgan fingerprint density at radius 2 is 2.06 bits per heavy atom. The van der Waals surface area contributed by atoms with E-state index in [-0.39, 0.29) is 22.2 Å². The Hall–Kier alpha value is -1.98. The average Bonchev–Trinajstić information content (AvgIpc) is 2.62. The molecule has 0 aliphatic heterocycles. The van der Waals surface area contributed by atoms with Gasteiger partial charge in [0.25, 0.3) is 6.43 Å². The third kappa shape index (κ3) is 1.52. The second kappa shape index (κ2) is 3.55. The van der Waals surface area contributed by atoms with E-state index < -0.39 is 18.2 Å². The van der Waals surface area contributed by atoms with Crippen molar-refractivity contribution in [1.29, 1.82) is 0 Å². The average molecular weight is 229 g/mol. The fourth-order valence-corrected chi connectivity index (χ4v) is 1.51. The van der Waals surface area contributed by atoms with Crippen molar-refractivity contribution >= 4 is 16.9 Å². The van der Waals surface area contributed by atoms with Gasteiger partial charge in [-0.05, 0) is 18.2 Å². The van der Waals surface area contributed by atoms with Gasteiger partial charge in [-0.15, -0.1) is 0 Å². The van der Waals surface area contributed by atoms with Gasteiger partial charge in [-0.1, -0.05) is 0 Å². The molecule has 2 rings (SSSR count). The largest absolute Gasteiger partial charge is 0.477 e. The van der Waals surface area contributed by atoms with Gasteiger partial charge in [0.15, 0.2) is 0 Å². The van der Waals surface area contributed by atoms with Crippen molar-refractivity contribution in [3.05, 3.63) is 35.3 Å². The van der Waals surface area contributed by atoms with Crippen LogP contribution in [0, 0.1) is 5.82 Å². The Morgan fingerprint density at radius 1 is 1.38 bits per heavy atom. The Labute approximate surface area is 87.5 Å². The van der Waals surface area contributed by atoms with Crippen LogP contribution in [0.3, 0.4) is 0 Å². The van der Waals surface area contributed by atoms with E-state index in [2.05, 4.69) is 4.98 Å². The molecule has 0 aliphatic rings. The van der Waals surface area contributed by atoms with E-state index in [1.807, 2.05) is 0 Å². The molecular formula is C10H6F3NO2. The van der Waals surface area contributed by atoms with Gasteiger partial charge in [-0.25, -0.2) is 18.0 Å². The number of hydrogen-bond acceptors (Lipinski definition) is 1. The summed E-state index contributed by atoms with van der Waals surface area (Å²) < 4.78 is 38.3. The Kier molecular flexibility index (Phi) is 2.34. The second-order valence-electron chi connectivity index (χ2n) is 3.21. The normalized spacial score (nSPS) is 11.2. The van der Waals surface area contributed by atoms with Crippen LogP contribution in [-0.4, -0.2) is 16.1 Å². The lowest BCUT2D eigenvalue weighted by atomic mass is 10.1. The molecule has 16 heavy (non-hydrogen) atoms. The van der Waals surface area contributed by atoms with Crippen LogP contribution in [0.4, 0.5) is 13.2 Å². The quantitative estimate of drug-likeness (QED) is 0.831. The number of rotatable bonds is 2. The van der Waals surface area contributed by atoms with E-state index in [9.17, 15) is 18.0 Å². The molecule has 0 amide bonds. The molecule has 84 valence electrons. The lowest BCUT2D eigenvalue weighted by molar-refractivity contribution is 0.0691. The third-order valence-electron chi connectivity index (χ3n) is 2.24. The number of aromatic nitrogens is 1. The van der Waals surface area contributed by atoms with Gasteiger partial charge in [-0.3, -0.25) is 0 Å². The molecule has 1 aromatic heterocycles. The zero-order valence-corrected chi connectivity index (χ0v) is 7.80. The number of hydrogen-bond donors (Lipinski definition) is 2. The second-order valence-corrected chi connectivity index (χ2v) is 3.21. The Morgan fingerprint density at radius 3 is 2.62 bits per heavy atom. The standard InChI is InChI=1S/C10H6F3NO2/c11-6-2-1-4(9(12)13)5-3-7(10(15)16)14-8(5)6/h1-3,9,14H,(H,15,16). The first-order chi connectivity index (χ1) is 7.50. The Balaban J connectivity index is 2.77. The fourth-order valence-electron chi connectivity index (χ4n) is 1.51. The minimum Gasteiger partial charge on any atom is -0.477 e. The molecule has 2 aromatic rings. The van der Waals surface area contributed by atoms with E-state index in [0.717, 1.165) is 18.2 Å². The molecule has 0 unspecified atom stereocenters. The van der Waals surface area contributed by atoms with Crippen molar-refractivity contribution in [2.45, 2.75) is 6.43 Å². The summed E-state index contributed by atoms with van der Waals surface area (Å²) in [6.45, 7) is 0. The van der Waals surface area contributed by atoms with Crippen LogP contribution >= 0.6 is 0 Å². The maximum absolute atomic E-state index is 13.2. The number of benzene rings is 1. The molecule has 0 spiro atoms. The van der Waals surface area contributed by atoms with Crippen LogP contribution in [0.5, 0.6) is 0 Å². The van der Waals surface area contributed by atoms with E-state index in [1.54, 1.807) is 0 Å². The summed E-state index contributed by atoms with van der Waals surface area (Å²) in [5, 5.41) is 8.56. The molecule has 0 aliphatic carbocycles. The van der Waals surface area contributed by atoms with Gasteiger partial charge in [0.05, 0.1) is 5.52 Å². The van der Waals surface area contributed by atoms with Crippen LogP contribution in [0.1, 0.15) is 22.5 Å². The van der Waals surface area contributed by atoms with Gasteiger partial charge in [0.2, 0.25) is 0 Å². The predicted molar refractivity (Wildman–Crippen MR) is 50.2 cm³/mol. The van der Waals surface area contributed by atoms with Gasteiger partial charge in [0.1, 0.15) is 11.5 Å². The summed E-state index contributed by atoms with van der Waals surface area (Å²) in [5.74, 6) is -2.08. The maximum Gasteiger partial charge on any atom is 0.352 e. The van der Waals surface area contributed by atoms with Crippen LogP contribution in [-0.2, 0) is 0 Å². The first-order valence-corrected chi connectivity index (χ1v) is 4.33. The highest BCUT2D eigenvalue weighted by atomic mass is 19.3. The SMILES string of the molecule is O=C(O)c1cc2c(C(F)F)ccc(F)c2[nH]1. The van der Waals surface area contributed by atoms with Gasteiger partial charge < -0.3 is 10.1 Å². The molecule has 0 saturated carbocycles. The van der Waals surface area contributed by atoms with Gasteiger partial charge in [-0.2, -0.15) is 0 Å². The molecule has 1 aromatic carbocycles. The van der Waals surface area contributed by atoms with Crippen LogP contribution in [0.25, 0.3) is 10.9 Å². The van der Waals surface area contributed by atoms with Crippen LogP contribution in [0.15, 0.2) is 18.2 Å². The topological polar surface area (TPSA) is 53.1 Å². The van der Waals surface area contributed by atoms with Crippen LogP contribution in [0.2, 0.25) is 0 Å². The first-order valence-electron chi connectivity index (χ1n) is 4.33. The predicted octanol–water partition coefficient (Wildman–Crippen LogP) is 2.94. The van der Waals surface area contributed by atoms with E-state index in [4.69, 9.17) is 5.11 Å². The number of aromatic carboxylic acids is 1. The van der Waals surface area contributed by atoms with Crippen molar-refractivity contribution in [1.82, 2.24) is 4.98 Å². The number of nitrogens with one attached hydrogen (secondary N) is 1. The number of carbonyl (C=O) groups is 1. The number of H-pyrrole nitrogens is 1. The number of carboxylic acids is 1. The highest BCUT2D eigenvalue weighted by molar-refractivity contribution is 5.95. The van der Waals surface area contributed by atoms with Crippen molar-refractivity contribution in [3.8, 4) is 0 Å². The molecule has 2 N–H and O–H groups in total. The smallest absolute Gasteiger partial charge is 0.352 e. The zero-order chi connectivity index (χ0) is 11.9. The lowest BCUT2D eigenvalue weighted by Crippen LogP contribution is -1.95. The molecule has 0 saturated heterocycles. The molecule has 0 atom stereocenters. The summed E-state index contributed by atoms with van der Waals surface area (Å²) in [4.78, 5) is 12.9. The van der Waals surface area contributed by atoms with Gasteiger partial charge in [0, 0.05) is 10.9 Å². The van der Waals surface area contributed by atoms with E-state index >= 15 is 0 Å².